The van der Waals surface area contributed by atoms with Crippen LogP contribution in [0.25, 0.3) is 0 Å². The van der Waals surface area contributed by atoms with E-state index in [1.165, 1.54) is 87.4 Å². The third kappa shape index (κ3) is 3.74. The summed E-state index contributed by atoms with van der Waals surface area (Å²) in [5.41, 5.74) is 4.31. The van der Waals surface area contributed by atoms with Crippen LogP contribution in [0.4, 0.5) is 5.69 Å². The highest BCUT2D eigenvalue weighted by Crippen LogP contribution is 2.47. The number of hydrogen-bond acceptors (Lipinski definition) is 2. The van der Waals surface area contributed by atoms with Gasteiger partial charge in [-0.1, -0.05) is 51.2 Å². The molecule has 1 aromatic rings. The first-order valence-corrected chi connectivity index (χ1v) is 10.9. The molecule has 2 heterocycles. The van der Waals surface area contributed by atoms with Gasteiger partial charge in [-0.15, -0.1) is 0 Å². The first kappa shape index (κ1) is 17.4. The summed E-state index contributed by atoms with van der Waals surface area (Å²) >= 11 is 0. The van der Waals surface area contributed by atoms with Crippen LogP contribution in [0.3, 0.4) is 0 Å². The number of aryl methyl sites for hydroxylation is 1. The number of anilines is 1. The van der Waals surface area contributed by atoms with E-state index >= 15 is 0 Å². The van der Waals surface area contributed by atoms with Crippen LogP contribution < -0.4 is 5.32 Å². The number of nitrogens with one attached hydrogen (secondary N) is 1. The van der Waals surface area contributed by atoms with Gasteiger partial charge in [0.25, 0.3) is 0 Å². The third-order valence-electron chi connectivity index (χ3n) is 6.80. The van der Waals surface area contributed by atoms with Gasteiger partial charge >= 0.3 is 0 Å². The highest BCUT2D eigenvalue weighted by molar-refractivity contribution is 5.57. The summed E-state index contributed by atoms with van der Waals surface area (Å²) in [6.45, 7) is 3.22. The molecule has 2 aliphatic heterocycles. The van der Waals surface area contributed by atoms with Crippen molar-refractivity contribution in [3.63, 3.8) is 0 Å². The molecule has 0 unspecified atom stereocenters. The Bertz CT molecular complexity index is 563. The largest absolute Gasteiger partial charge is 0.381 e. The summed E-state index contributed by atoms with van der Waals surface area (Å²) in [5.74, 6) is 1.52. The van der Waals surface area contributed by atoms with Crippen LogP contribution in [0.15, 0.2) is 18.2 Å². The average molecular weight is 342 g/mol. The van der Waals surface area contributed by atoms with Gasteiger partial charge < -0.3 is 10.1 Å². The summed E-state index contributed by atoms with van der Waals surface area (Å²) in [4.78, 5) is 0. The van der Waals surface area contributed by atoms with E-state index in [0.717, 1.165) is 12.5 Å². The van der Waals surface area contributed by atoms with E-state index in [2.05, 4.69) is 30.4 Å². The van der Waals surface area contributed by atoms with Crippen molar-refractivity contribution >= 4 is 5.69 Å². The van der Waals surface area contributed by atoms with Crippen molar-refractivity contribution in [1.29, 1.82) is 0 Å². The molecule has 2 fully saturated rings. The molecule has 1 aliphatic carbocycles. The van der Waals surface area contributed by atoms with Gasteiger partial charge in [0, 0.05) is 29.8 Å². The Morgan fingerprint density at radius 1 is 1.04 bits per heavy atom. The Kier molecular flexibility index (Phi) is 5.65. The molecule has 138 valence electrons. The molecule has 0 amide bonds. The van der Waals surface area contributed by atoms with Gasteiger partial charge in [0.1, 0.15) is 0 Å². The number of hydrogen-bond donors (Lipinski definition) is 1. The number of rotatable bonds is 5. The lowest BCUT2D eigenvalue weighted by atomic mass is 9.71. The lowest BCUT2D eigenvalue weighted by Gasteiger charge is -2.47. The summed E-state index contributed by atoms with van der Waals surface area (Å²) in [5, 5.41) is 3.98. The van der Waals surface area contributed by atoms with Crippen molar-refractivity contribution in [3.8, 4) is 0 Å². The molecule has 1 N–H and O–H groups in total. The molecule has 1 aromatic carbocycles. The Labute approximate surface area is 153 Å². The predicted molar refractivity (Wildman–Crippen MR) is 105 cm³/mol. The topological polar surface area (TPSA) is 21.3 Å². The highest BCUT2D eigenvalue weighted by atomic mass is 16.5. The molecule has 1 saturated heterocycles. The van der Waals surface area contributed by atoms with Gasteiger partial charge in [-0.25, -0.2) is 0 Å². The zero-order chi connectivity index (χ0) is 17.1. The quantitative estimate of drug-likeness (QED) is 0.638. The van der Waals surface area contributed by atoms with Crippen LogP contribution in [-0.4, -0.2) is 12.6 Å². The van der Waals surface area contributed by atoms with Crippen molar-refractivity contribution in [2.75, 3.05) is 11.9 Å². The molecule has 0 aromatic heterocycles. The van der Waals surface area contributed by atoms with Gasteiger partial charge in [-0.3, -0.25) is 0 Å². The van der Waals surface area contributed by atoms with Crippen molar-refractivity contribution in [1.82, 2.24) is 0 Å². The Hall–Kier alpha value is -1.02. The van der Waals surface area contributed by atoms with Crippen LogP contribution >= 0.6 is 0 Å². The monoisotopic (exact) mass is 341 g/mol. The van der Waals surface area contributed by atoms with Gasteiger partial charge in [-0.05, 0) is 56.1 Å². The number of fused-ring (bicyclic) bond motifs is 3. The number of unbranched alkanes of at least 4 members (excludes halogenated alkanes) is 2. The zero-order valence-corrected chi connectivity index (χ0v) is 15.9. The summed E-state index contributed by atoms with van der Waals surface area (Å²) in [7, 11) is 0. The zero-order valence-electron chi connectivity index (χ0n) is 15.9. The maximum absolute atomic E-state index is 6.37. The standard InChI is InChI=1S/C23H35NO/c1-2-3-5-9-17-13-14-21-20(16-17)23-19(12-8-15-25-23)22(24-21)18-10-6-4-7-11-18/h13-14,16,18-19,22-24H,2-12,15H2,1H3/t19-,22+,23-/m1/s1. The molecule has 0 bridgehead atoms. The fraction of sp³-hybridized carbons (Fsp3) is 0.739. The molecule has 25 heavy (non-hydrogen) atoms. The molecular formula is C23H35NO. The molecule has 0 spiro atoms. The summed E-state index contributed by atoms with van der Waals surface area (Å²) < 4.78 is 6.37. The molecule has 2 heteroatoms. The second-order valence-corrected chi connectivity index (χ2v) is 8.54. The maximum atomic E-state index is 6.37. The van der Waals surface area contributed by atoms with E-state index in [1.54, 1.807) is 0 Å². The first-order chi connectivity index (χ1) is 12.4. The van der Waals surface area contributed by atoms with Crippen LogP contribution in [-0.2, 0) is 11.2 Å². The molecular weight excluding hydrogens is 306 g/mol. The first-order valence-electron chi connectivity index (χ1n) is 10.9. The van der Waals surface area contributed by atoms with E-state index in [4.69, 9.17) is 4.74 Å². The van der Waals surface area contributed by atoms with Crippen molar-refractivity contribution in [3.05, 3.63) is 29.3 Å². The molecule has 3 atom stereocenters. The number of ether oxygens (including phenoxy) is 1. The normalized spacial score (nSPS) is 29.6. The molecule has 3 aliphatic rings. The predicted octanol–water partition coefficient (Wildman–Crippen LogP) is 6.26. The van der Waals surface area contributed by atoms with Crippen molar-refractivity contribution < 1.29 is 4.74 Å². The van der Waals surface area contributed by atoms with Crippen LogP contribution in [0.5, 0.6) is 0 Å². The van der Waals surface area contributed by atoms with Crippen LogP contribution in [0, 0.1) is 11.8 Å². The van der Waals surface area contributed by atoms with Gasteiger partial charge in [0.15, 0.2) is 0 Å². The van der Waals surface area contributed by atoms with E-state index in [9.17, 15) is 0 Å². The maximum Gasteiger partial charge on any atom is 0.0892 e. The Balaban J connectivity index is 1.57. The lowest BCUT2D eigenvalue weighted by molar-refractivity contribution is -0.0458. The fourth-order valence-corrected chi connectivity index (χ4v) is 5.45. The van der Waals surface area contributed by atoms with E-state index < -0.39 is 0 Å². The van der Waals surface area contributed by atoms with Crippen molar-refractivity contribution in [2.24, 2.45) is 11.8 Å². The molecule has 1 saturated carbocycles. The molecule has 0 radical (unpaired) electrons. The fourth-order valence-electron chi connectivity index (χ4n) is 5.45. The van der Waals surface area contributed by atoms with Crippen LogP contribution in [0.1, 0.15) is 88.4 Å². The summed E-state index contributed by atoms with van der Waals surface area (Å²) in [6.07, 6.45) is 15.1. The second kappa shape index (κ2) is 8.12. The van der Waals surface area contributed by atoms with E-state index in [0.29, 0.717) is 18.1 Å². The van der Waals surface area contributed by atoms with Gasteiger partial charge in [0.05, 0.1) is 6.10 Å². The summed E-state index contributed by atoms with van der Waals surface area (Å²) in [6, 6.07) is 7.78. The van der Waals surface area contributed by atoms with E-state index in [-0.39, 0.29) is 0 Å². The van der Waals surface area contributed by atoms with Crippen molar-refractivity contribution in [2.45, 2.75) is 89.7 Å². The molecule has 2 nitrogen and oxygen atoms in total. The van der Waals surface area contributed by atoms with Gasteiger partial charge in [0.2, 0.25) is 0 Å². The lowest BCUT2D eigenvalue weighted by Crippen LogP contribution is -2.46. The number of benzene rings is 1. The minimum atomic E-state index is 0.336. The van der Waals surface area contributed by atoms with Crippen LogP contribution in [0.2, 0.25) is 0 Å². The Morgan fingerprint density at radius 3 is 2.76 bits per heavy atom. The minimum absolute atomic E-state index is 0.336. The SMILES string of the molecule is CCCCCc1ccc2c(c1)[C@@H]1OCCC[C@@H]1[C@H](C1CCCCC1)N2. The van der Waals surface area contributed by atoms with E-state index in [1.807, 2.05) is 0 Å². The Morgan fingerprint density at radius 2 is 1.92 bits per heavy atom. The minimum Gasteiger partial charge on any atom is -0.381 e. The third-order valence-corrected chi connectivity index (χ3v) is 6.80. The molecule has 4 rings (SSSR count). The average Bonchev–Trinajstić information content (AvgIpc) is 2.68. The smallest absolute Gasteiger partial charge is 0.0892 e. The highest BCUT2D eigenvalue weighted by Gasteiger charge is 2.42. The van der Waals surface area contributed by atoms with Gasteiger partial charge in [-0.2, -0.15) is 0 Å². The second-order valence-electron chi connectivity index (χ2n) is 8.54.